The van der Waals surface area contributed by atoms with Crippen molar-refractivity contribution in [1.82, 2.24) is 19.7 Å². The van der Waals surface area contributed by atoms with Crippen molar-refractivity contribution in [2.24, 2.45) is 4.99 Å². The van der Waals surface area contributed by atoms with Gasteiger partial charge in [-0.05, 0) is 32.6 Å². The third kappa shape index (κ3) is 6.65. The van der Waals surface area contributed by atoms with Gasteiger partial charge in [0, 0.05) is 30.1 Å². The minimum absolute atomic E-state index is 0.0489. The number of aliphatic imine (C=N–C) groups is 1. The van der Waals surface area contributed by atoms with Crippen molar-refractivity contribution in [3.8, 4) is 17.3 Å². The molecule has 1 aliphatic rings. The van der Waals surface area contributed by atoms with Crippen LogP contribution in [0.4, 0.5) is 10.1 Å². The van der Waals surface area contributed by atoms with Crippen LogP contribution in [-0.2, 0) is 0 Å². The number of carbonyl (C=O) groups excluding carboxylic acids is 1. The van der Waals surface area contributed by atoms with E-state index < -0.39 is 5.91 Å². The molecule has 1 atom stereocenters. The summed E-state index contributed by atoms with van der Waals surface area (Å²) in [6.07, 6.45) is 8.38. The lowest BCUT2D eigenvalue weighted by molar-refractivity contribution is 0.0941. The molecular weight excluding hydrogens is 530 g/mol. The molecule has 0 N–H and O–H groups in total. The predicted molar refractivity (Wildman–Crippen MR) is 167 cm³/mol. The first-order valence-electron chi connectivity index (χ1n) is 15.0. The number of nitriles is 1. The van der Waals surface area contributed by atoms with E-state index in [1.54, 1.807) is 18.3 Å². The Bertz CT molecular complexity index is 1440. The highest BCUT2D eigenvalue weighted by molar-refractivity contribution is 7.19. The molecule has 3 heterocycles. The van der Waals surface area contributed by atoms with E-state index in [9.17, 15) is 10.1 Å². The van der Waals surface area contributed by atoms with Gasteiger partial charge in [0.2, 0.25) is 0 Å². The van der Waals surface area contributed by atoms with Crippen LogP contribution in [0.5, 0.6) is 0 Å². The monoisotopic (exact) mass is 571 g/mol. The molecule has 9 heteroatoms. The first kappa shape index (κ1) is 30.3. The first-order chi connectivity index (χ1) is 20.0. The normalized spacial score (nSPS) is 14.8. The molecule has 0 unspecified atom stereocenters. The fraction of sp³-hybridized carbons (Fsp3) is 0.500. The Kier molecular flexibility index (Phi) is 10.6. The maximum Gasteiger partial charge on any atom is 0.291 e. The number of thiazole rings is 1. The maximum absolute atomic E-state index is 13.3. The maximum atomic E-state index is 13.3. The number of allylic oxidation sites excluding steroid dienone is 2. The summed E-state index contributed by atoms with van der Waals surface area (Å²) in [4.78, 5) is 30.8. The van der Waals surface area contributed by atoms with Crippen LogP contribution >= 0.6 is 11.3 Å². The van der Waals surface area contributed by atoms with Gasteiger partial charge >= 0.3 is 0 Å². The predicted octanol–water partition coefficient (Wildman–Crippen LogP) is 8.11. The number of anilines is 1. The number of benzene rings is 1. The lowest BCUT2D eigenvalue weighted by atomic mass is 9.98. The van der Waals surface area contributed by atoms with E-state index in [0.29, 0.717) is 22.9 Å². The van der Waals surface area contributed by atoms with Crippen LogP contribution in [0.25, 0.3) is 11.3 Å². The van der Waals surface area contributed by atoms with Gasteiger partial charge in [0.1, 0.15) is 28.0 Å². The highest BCUT2D eigenvalue weighted by Gasteiger charge is 2.34. The molecule has 41 heavy (non-hydrogen) atoms. The summed E-state index contributed by atoms with van der Waals surface area (Å²) in [6, 6.07) is 12.2. The number of aromatic nitrogens is 4. The topological polar surface area (TPSA) is 100 Å². The fourth-order valence-corrected chi connectivity index (χ4v) is 6.00. The molecule has 0 saturated carbocycles. The van der Waals surface area contributed by atoms with Crippen LogP contribution in [0.15, 0.2) is 46.5 Å². The van der Waals surface area contributed by atoms with Gasteiger partial charge in [-0.2, -0.15) is 9.94 Å². The van der Waals surface area contributed by atoms with E-state index in [4.69, 9.17) is 15.0 Å². The van der Waals surface area contributed by atoms with E-state index in [2.05, 4.69) is 43.8 Å². The average Bonchev–Trinajstić information content (AvgIpc) is 3.62. The molecular formula is C32H41N7OS. The van der Waals surface area contributed by atoms with E-state index in [1.807, 2.05) is 30.3 Å². The standard InChI is InChI=1S/C32H41N7OS/c1-6-10-16-23(9-4)28-36-29-26(22(5)25(21-33)31(40)39(29)37-28)34-30-27(24-17-14-13-15-18-24)35-32(41-30)38(19-11-7-2)20-12-8-3/h13-15,17-18,23H,6-12,16,19-20H2,1-5H3/t23-/m0/s1. The number of fused-ring (bicyclic) bond motifs is 1. The van der Waals surface area contributed by atoms with E-state index in [-0.39, 0.29) is 11.5 Å². The van der Waals surface area contributed by atoms with E-state index in [1.165, 1.54) is 4.68 Å². The molecule has 0 aliphatic carbocycles. The van der Waals surface area contributed by atoms with Crippen molar-refractivity contribution in [3.63, 3.8) is 0 Å². The number of hydrogen-bond donors (Lipinski definition) is 0. The molecule has 216 valence electrons. The molecule has 0 amide bonds. The Balaban J connectivity index is 1.88. The Morgan fingerprint density at radius 3 is 2.32 bits per heavy atom. The Morgan fingerprint density at radius 2 is 1.71 bits per heavy atom. The Morgan fingerprint density at radius 1 is 1.02 bits per heavy atom. The molecule has 0 radical (unpaired) electrons. The zero-order chi connectivity index (χ0) is 29.4. The summed E-state index contributed by atoms with van der Waals surface area (Å²) in [6.45, 7) is 12.3. The van der Waals surface area contributed by atoms with Gasteiger partial charge in [-0.25, -0.2) is 15.0 Å². The van der Waals surface area contributed by atoms with Gasteiger partial charge < -0.3 is 4.90 Å². The molecule has 2 aromatic heterocycles. The Labute approximate surface area is 247 Å². The van der Waals surface area contributed by atoms with Crippen molar-refractivity contribution in [3.05, 3.63) is 53.1 Å². The van der Waals surface area contributed by atoms with Gasteiger partial charge in [0.05, 0.1) is 0 Å². The molecule has 0 saturated heterocycles. The van der Waals surface area contributed by atoms with Crippen LogP contribution in [0.3, 0.4) is 0 Å². The number of nitrogens with zero attached hydrogens (tertiary/aromatic N) is 7. The highest BCUT2D eigenvalue weighted by Crippen LogP contribution is 2.41. The van der Waals surface area contributed by atoms with Crippen LogP contribution in [0.1, 0.15) is 108 Å². The quantitative estimate of drug-likeness (QED) is 0.194. The summed E-state index contributed by atoms with van der Waals surface area (Å²) in [5.74, 6) is 0.747. The third-order valence-corrected chi connectivity index (χ3v) is 8.55. The minimum atomic E-state index is -0.443. The number of unbranched alkanes of at least 4 members (excludes halogenated alkanes) is 3. The van der Waals surface area contributed by atoms with Gasteiger partial charge in [-0.15, -0.1) is 5.10 Å². The smallest absolute Gasteiger partial charge is 0.291 e. The highest BCUT2D eigenvalue weighted by atomic mass is 32.1. The second-order valence-electron chi connectivity index (χ2n) is 10.5. The van der Waals surface area contributed by atoms with Crippen molar-refractivity contribution in [1.29, 1.82) is 5.26 Å². The van der Waals surface area contributed by atoms with Crippen molar-refractivity contribution >= 4 is 33.1 Å². The molecule has 8 nitrogen and oxygen atoms in total. The third-order valence-electron chi connectivity index (χ3n) is 7.54. The van der Waals surface area contributed by atoms with Gasteiger partial charge in [0.25, 0.3) is 5.91 Å². The molecule has 3 aromatic rings. The summed E-state index contributed by atoms with van der Waals surface area (Å²) < 4.78 is 1.28. The average molecular weight is 572 g/mol. The van der Waals surface area contributed by atoms with Crippen LogP contribution in [0.2, 0.25) is 0 Å². The van der Waals surface area contributed by atoms with Crippen molar-refractivity contribution in [2.45, 2.75) is 91.9 Å². The van der Waals surface area contributed by atoms with E-state index >= 15 is 0 Å². The zero-order valence-corrected chi connectivity index (χ0v) is 25.8. The minimum Gasteiger partial charge on any atom is -0.348 e. The lowest BCUT2D eigenvalue weighted by Gasteiger charge is -2.21. The second-order valence-corrected chi connectivity index (χ2v) is 11.5. The van der Waals surface area contributed by atoms with Crippen molar-refractivity contribution < 1.29 is 4.79 Å². The zero-order valence-electron chi connectivity index (χ0n) is 25.0. The van der Waals surface area contributed by atoms with Crippen LogP contribution < -0.4 is 4.90 Å². The van der Waals surface area contributed by atoms with Gasteiger partial charge in [-0.3, -0.25) is 4.79 Å². The molecule has 1 aromatic carbocycles. The largest absolute Gasteiger partial charge is 0.348 e. The number of hydrogen-bond acceptors (Lipinski definition) is 8. The molecule has 4 rings (SSSR count). The molecule has 0 spiro atoms. The van der Waals surface area contributed by atoms with Crippen LogP contribution in [0, 0.1) is 11.3 Å². The summed E-state index contributed by atoms with van der Waals surface area (Å²) in [7, 11) is 0. The molecule has 0 fully saturated rings. The molecule has 0 bridgehead atoms. The fourth-order valence-electron chi connectivity index (χ4n) is 4.98. The second kappa shape index (κ2) is 14.3. The first-order valence-corrected chi connectivity index (χ1v) is 15.8. The van der Waals surface area contributed by atoms with Gasteiger partial charge in [0.15, 0.2) is 16.8 Å². The summed E-state index contributed by atoms with van der Waals surface area (Å²) >= 11 is 1.55. The van der Waals surface area contributed by atoms with E-state index in [0.717, 1.165) is 85.8 Å². The van der Waals surface area contributed by atoms with Gasteiger partial charge in [-0.1, -0.05) is 95.0 Å². The molecule has 1 aliphatic heterocycles. The Hall–Kier alpha value is -3.64. The van der Waals surface area contributed by atoms with Crippen molar-refractivity contribution in [2.75, 3.05) is 18.0 Å². The lowest BCUT2D eigenvalue weighted by Crippen LogP contribution is -2.28. The summed E-state index contributed by atoms with van der Waals surface area (Å²) in [5, 5.41) is 16.2. The SMILES string of the molecule is CCCC[C@H](CC)c1nc2n(n1)C(=O)C(C#N)=C(C)C2=Nc1sc(N(CCCC)CCCC)nc1-c1ccccc1. The number of carbonyl (C=O) groups is 1. The number of rotatable bonds is 14. The van der Waals surface area contributed by atoms with Crippen LogP contribution in [-0.4, -0.2) is 44.5 Å². The summed E-state index contributed by atoms with van der Waals surface area (Å²) in [5.41, 5.74) is 2.84.